The number of carbonyl (C=O) groups excluding carboxylic acids is 1. The Kier molecular flexibility index (Phi) is 7.46. The molecule has 1 aromatic rings. The van der Waals surface area contributed by atoms with Crippen LogP contribution in [0.5, 0.6) is 11.6 Å². The summed E-state index contributed by atoms with van der Waals surface area (Å²) in [5, 5.41) is 0. The lowest BCUT2D eigenvalue weighted by Crippen LogP contribution is -2.39. The van der Waals surface area contributed by atoms with Gasteiger partial charge in [0.2, 0.25) is 5.88 Å². The van der Waals surface area contributed by atoms with E-state index in [0.717, 1.165) is 25.0 Å². The quantitative estimate of drug-likeness (QED) is 0.645. The molecule has 0 bridgehead atoms. The predicted octanol–water partition coefficient (Wildman–Crippen LogP) is 3.14. The van der Waals surface area contributed by atoms with Gasteiger partial charge in [-0.3, -0.25) is 0 Å². The second kappa shape index (κ2) is 9.59. The van der Waals surface area contributed by atoms with Crippen LogP contribution in [0, 0.1) is 0 Å². The van der Waals surface area contributed by atoms with Gasteiger partial charge >= 0.3 is 0 Å². The van der Waals surface area contributed by atoms with E-state index in [0.29, 0.717) is 25.5 Å². The van der Waals surface area contributed by atoms with Crippen LogP contribution in [0.2, 0.25) is 0 Å². The summed E-state index contributed by atoms with van der Waals surface area (Å²) in [7, 11) is 0. The maximum absolute atomic E-state index is 10.9. The Hall–Kier alpha value is -1.66. The second-order valence-corrected chi connectivity index (χ2v) is 6.28. The SMILES string of the molecule is CC(=O)CCCCC1OCC(Oc2ccc(OC(C)C)cn2)CO1. The van der Waals surface area contributed by atoms with Crippen molar-refractivity contribution in [2.45, 2.75) is 65.0 Å². The van der Waals surface area contributed by atoms with Gasteiger partial charge in [-0.25, -0.2) is 4.98 Å². The fraction of sp³-hybridized carbons (Fsp3) is 0.667. The summed E-state index contributed by atoms with van der Waals surface area (Å²) in [5.74, 6) is 1.48. The number of ketones is 1. The first kappa shape index (κ1) is 18.7. The number of aromatic nitrogens is 1. The third-order valence-corrected chi connectivity index (χ3v) is 3.52. The van der Waals surface area contributed by atoms with Gasteiger partial charge in [0.25, 0.3) is 0 Å². The molecule has 2 heterocycles. The van der Waals surface area contributed by atoms with Gasteiger partial charge < -0.3 is 23.7 Å². The number of rotatable bonds is 9. The monoisotopic (exact) mass is 337 g/mol. The van der Waals surface area contributed by atoms with Gasteiger partial charge in [0, 0.05) is 12.5 Å². The predicted molar refractivity (Wildman–Crippen MR) is 89.3 cm³/mol. The maximum Gasteiger partial charge on any atom is 0.213 e. The average Bonchev–Trinajstić information content (AvgIpc) is 2.54. The summed E-state index contributed by atoms with van der Waals surface area (Å²) in [6.45, 7) is 6.51. The fourth-order valence-corrected chi connectivity index (χ4v) is 2.39. The minimum Gasteiger partial charge on any atom is -0.489 e. The zero-order chi connectivity index (χ0) is 17.4. The third-order valence-electron chi connectivity index (χ3n) is 3.52. The number of hydrogen-bond donors (Lipinski definition) is 0. The highest BCUT2D eigenvalue weighted by Crippen LogP contribution is 2.19. The van der Waals surface area contributed by atoms with Crippen molar-refractivity contribution in [2.24, 2.45) is 0 Å². The fourth-order valence-electron chi connectivity index (χ4n) is 2.39. The van der Waals surface area contributed by atoms with Crippen LogP contribution in [0.3, 0.4) is 0 Å². The molecule has 24 heavy (non-hydrogen) atoms. The van der Waals surface area contributed by atoms with E-state index in [-0.39, 0.29) is 24.3 Å². The Morgan fingerprint density at radius 2 is 2.04 bits per heavy atom. The normalized spacial score (nSPS) is 20.8. The van der Waals surface area contributed by atoms with E-state index < -0.39 is 0 Å². The molecule has 0 saturated carbocycles. The van der Waals surface area contributed by atoms with Crippen LogP contribution in [-0.4, -0.2) is 42.5 Å². The van der Waals surface area contributed by atoms with Crippen molar-refractivity contribution in [1.82, 2.24) is 4.98 Å². The van der Waals surface area contributed by atoms with E-state index >= 15 is 0 Å². The van der Waals surface area contributed by atoms with Crippen LogP contribution in [-0.2, 0) is 14.3 Å². The topological polar surface area (TPSA) is 66.9 Å². The first-order valence-corrected chi connectivity index (χ1v) is 8.55. The summed E-state index contributed by atoms with van der Waals surface area (Å²) in [4.78, 5) is 15.1. The molecule has 0 atom stereocenters. The summed E-state index contributed by atoms with van der Waals surface area (Å²) < 4.78 is 22.6. The van der Waals surface area contributed by atoms with Crippen molar-refractivity contribution < 1.29 is 23.7 Å². The Morgan fingerprint density at radius 3 is 2.62 bits per heavy atom. The van der Waals surface area contributed by atoms with Crippen LogP contribution in [0.4, 0.5) is 0 Å². The molecule has 1 saturated heterocycles. The molecule has 6 nitrogen and oxygen atoms in total. The first-order valence-electron chi connectivity index (χ1n) is 8.55. The van der Waals surface area contributed by atoms with E-state index in [1.54, 1.807) is 19.2 Å². The van der Waals surface area contributed by atoms with E-state index in [1.165, 1.54) is 0 Å². The minimum atomic E-state index is -0.202. The summed E-state index contributed by atoms with van der Waals surface area (Å²) >= 11 is 0. The molecule has 0 aliphatic carbocycles. The number of pyridine rings is 1. The summed E-state index contributed by atoms with van der Waals surface area (Å²) in [6.07, 6.45) is 4.64. The number of nitrogens with zero attached hydrogens (tertiary/aromatic N) is 1. The number of hydrogen-bond acceptors (Lipinski definition) is 6. The van der Waals surface area contributed by atoms with Crippen molar-refractivity contribution in [1.29, 1.82) is 0 Å². The maximum atomic E-state index is 10.9. The molecule has 0 unspecified atom stereocenters. The largest absolute Gasteiger partial charge is 0.489 e. The van der Waals surface area contributed by atoms with Crippen molar-refractivity contribution in [3.8, 4) is 11.6 Å². The van der Waals surface area contributed by atoms with E-state index in [2.05, 4.69) is 4.98 Å². The Morgan fingerprint density at radius 1 is 1.29 bits per heavy atom. The molecular formula is C18H27NO5. The molecule has 1 fully saturated rings. The van der Waals surface area contributed by atoms with E-state index in [1.807, 2.05) is 19.9 Å². The highest BCUT2D eigenvalue weighted by Gasteiger charge is 2.23. The summed E-state index contributed by atoms with van der Waals surface area (Å²) in [6, 6.07) is 3.62. The standard InChI is InChI=1S/C18H27NO5/c1-13(2)23-15-8-9-17(19-10-15)24-16-11-21-18(22-12-16)7-5-4-6-14(3)20/h8-10,13,16,18H,4-7,11-12H2,1-3H3. The van der Waals surface area contributed by atoms with Crippen LogP contribution in [0.15, 0.2) is 18.3 Å². The van der Waals surface area contributed by atoms with Crippen molar-refractivity contribution in [2.75, 3.05) is 13.2 Å². The van der Waals surface area contributed by atoms with Crippen molar-refractivity contribution in [3.63, 3.8) is 0 Å². The molecular weight excluding hydrogens is 310 g/mol. The van der Waals surface area contributed by atoms with E-state index in [9.17, 15) is 4.79 Å². The smallest absolute Gasteiger partial charge is 0.213 e. The molecule has 0 radical (unpaired) electrons. The van der Waals surface area contributed by atoms with Gasteiger partial charge in [0.05, 0.1) is 25.5 Å². The molecule has 1 aliphatic rings. The highest BCUT2D eigenvalue weighted by atomic mass is 16.7. The van der Waals surface area contributed by atoms with Crippen molar-refractivity contribution >= 4 is 5.78 Å². The summed E-state index contributed by atoms with van der Waals surface area (Å²) in [5.41, 5.74) is 0. The molecule has 1 aliphatic heterocycles. The Bertz CT molecular complexity index is 495. The molecule has 0 amide bonds. The number of Topliss-reactive ketones (excluding diaryl/α,β-unsaturated/α-hetero) is 1. The highest BCUT2D eigenvalue weighted by molar-refractivity contribution is 5.75. The number of ether oxygens (including phenoxy) is 4. The molecule has 0 aromatic carbocycles. The lowest BCUT2D eigenvalue weighted by atomic mass is 10.1. The van der Waals surface area contributed by atoms with Crippen LogP contribution in [0.25, 0.3) is 0 Å². The zero-order valence-electron chi connectivity index (χ0n) is 14.7. The zero-order valence-corrected chi connectivity index (χ0v) is 14.7. The van der Waals surface area contributed by atoms with Gasteiger partial charge in [-0.1, -0.05) is 0 Å². The molecule has 1 aromatic heterocycles. The molecule has 6 heteroatoms. The number of carbonyl (C=O) groups is 1. The number of unbranched alkanes of at least 4 members (excludes halogenated alkanes) is 1. The molecule has 134 valence electrons. The van der Waals surface area contributed by atoms with Gasteiger partial charge in [-0.15, -0.1) is 0 Å². The van der Waals surface area contributed by atoms with E-state index in [4.69, 9.17) is 18.9 Å². The van der Waals surface area contributed by atoms with Crippen LogP contribution >= 0.6 is 0 Å². The van der Waals surface area contributed by atoms with Gasteiger partial charge in [0.1, 0.15) is 17.6 Å². The van der Waals surface area contributed by atoms with Crippen LogP contribution in [0.1, 0.15) is 46.5 Å². The average molecular weight is 337 g/mol. The second-order valence-electron chi connectivity index (χ2n) is 6.28. The van der Waals surface area contributed by atoms with Gasteiger partial charge in [-0.2, -0.15) is 0 Å². The van der Waals surface area contributed by atoms with Gasteiger partial charge in [-0.05, 0) is 46.1 Å². The molecule has 0 spiro atoms. The van der Waals surface area contributed by atoms with Crippen LogP contribution < -0.4 is 9.47 Å². The Labute approximate surface area is 143 Å². The Balaban J connectivity index is 1.66. The lowest BCUT2D eigenvalue weighted by molar-refractivity contribution is -0.214. The molecule has 0 N–H and O–H groups in total. The first-order chi connectivity index (χ1) is 11.5. The third kappa shape index (κ3) is 6.84. The lowest BCUT2D eigenvalue weighted by Gasteiger charge is -2.29. The molecule has 2 rings (SSSR count). The minimum absolute atomic E-state index is 0.117. The van der Waals surface area contributed by atoms with Crippen molar-refractivity contribution in [3.05, 3.63) is 18.3 Å². The van der Waals surface area contributed by atoms with Gasteiger partial charge in [0.15, 0.2) is 6.29 Å².